The van der Waals surface area contributed by atoms with E-state index in [1.807, 2.05) is 0 Å². The van der Waals surface area contributed by atoms with Gasteiger partial charge in [-0.15, -0.1) is 0 Å². The van der Waals surface area contributed by atoms with E-state index in [1.165, 1.54) is 54.6 Å². The quantitative estimate of drug-likeness (QED) is 0.219. The highest BCUT2D eigenvalue weighted by Crippen LogP contribution is 2.31. The van der Waals surface area contributed by atoms with Crippen LogP contribution in [0.4, 0.5) is 0 Å². The van der Waals surface area contributed by atoms with E-state index in [2.05, 4.69) is 19.1 Å². The second-order valence-electron chi connectivity index (χ2n) is 8.76. The molecule has 0 atom stereocenters. The Kier molecular flexibility index (Phi) is 4.78. The van der Waals surface area contributed by atoms with Gasteiger partial charge in [-0.25, -0.2) is 28.2 Å². The molecule has 15 nitrogen and oxygen atoms in total. The number of hydrogen-bond donors (Lipinski definition) is 2. The largest absolute Gasteiger partial charge is 0.296 e. The fourth-order valence-corrected chi connectivity index (χ4v) is 6.44. The Morgan fingerprint density at radius 1 is 0.575 bits per heavy atom. The molecule has 0 aliphatic rings. The summed E-state index contributed by atoms with van der Waals surface area (Å²) in [7, 11) is -12.1. The maximum Gasteiger partial charge on any atom is 0.296 e. The van der Waals surface area contributed by atoms with Crippen molar-refractivity contribution in [3.8, 4) is 0 Å². The van der Waals surface area contributed by atoms with Crippen molar-refractivity contribution in [3.05, 3.63) is 54.6 Å². The summed E-state index contributed by atoms with van der Waals surface area (Å²) in [5.41, 5.74) is 1.81. The molecule has 0 aliphatic carbocycles. The van der Waals surface area contributed by atoms with Crippen LogP contribution in [0.2, 0.25) is 0 Å². The molecule has 40 heavy (non-hydrogen) atoms. The molecule has 3 aromatic carbocycles. The highest BCUT2D eigenvalue weighted by Gasteiger charge is 2.24. The van der Waals surface area contributed by atoms with Gasteiger partial charge in [0.25, 0.3) is 30.4 Å². The number of aromatic nitrogens is 6. The standard InChI is InChI=1S/C22H14N6O9S3/c1-37-40(35,36)13-4-7-19-16(10-13)25-22-27-18-6-3-12(39(32,33)34)9-15(18)23-20(27)26-17-5-2-11(38(29,30)31)8-14(17)24-21(26)28(19)22/h2-10H,1H3,(H,29,30,31)(H,32,33,34). The van der Waals surface area contributed by atoms with E-state index < -0.39 is 30.4 Å². The fraction of sp³-hybridized carbons (Fsp3) is 0.0455. The minimum atomic E-state index is -4.54. The van der Waals surface area contributed by atoms with Gasteiger partial charge in [0.1, 0.15) is 0 Å². The molecule has 7 aromatic rings. The Hall–Kier alpha value is -4.20. The van der Waals surface area contributed by atoms with Crippen LogP contribution in [-0.4, -0.2) is 69.6 Å². The average molecular weight is 603 g/mol. The Morgan fingerprint density at radius 3 is 1.23 bits per heavy atom. The molecule has 2 N–H and O–H groups in total. The lowest BCUT2D eigenvalue weighted by Gasteiger charge is -2.05. The second-order valence-corrected chi connectivity index (χ2v) is 13.3. The van der Waals surface area contributed by atoms with Gasteiger partial charge in [0.15, 0.2) is 0 Å². The van der Waals surface area contributed by atoms with Gasteiger partial charge >= 0.3 is 0 Å². The number of hydrogen-bond acceptors (Lipinski definition) is 10. The monoisotopic (exact) mass is 602 g/mol. The van der Waals surface area contributed by atoms with Crippen molar-refractivity contribution in [2.75, 3.05) is 7.11 Å². The van der Waals surface area contributed by atoms with Gasteiger partial charge in [-0.3, -0.25) is 13.3 Å². The molecule has 0 bridgehead atoms. The highest BCUT2D eigenvalue weighted by molar-refractivity contribution is 7.87. The zero-order chi connectivity index (χ0) is 28.4. The summed E-state index contributed by atoms with van der Waals surface area (Å²) in [6, 6.07) is 11.8. The summed E-state index contributed by atoms with van der Waals surface area (Å²) in [5.74, 6) is 0.629. The van der Waals surface area contributed by atoms with Crippen molar-refractivity contribution in [1.29, 1.82) is 0 Å². The minimum absolute atomic E-state index is 0.141. The van der Waals surface area contributed by atoms with E-state index in [1.54, 1.807) is 13.2 Å². The Labute approximate surface area is 223 Å². The highest BCUT2D eigenvalue weighted by atomic mass is 32.2. The normalized spacial score (nSPS) is 13.6. The maximum atomic E-state index is 12.3. The predicted octanol–water partition coefficient (Wildman–Crippen LogP) is 1.92. The van der Waals surface area contributed by atoms with E-state index >= 15 is 0 Å². The van der Waals surface area contributed by atoms with Crippen molar-refractivity contribution in [3.63, 3.8) is 0 Å². The van der Waals surface area contributed by atoms with E-state index in [4.69, 9.17) is 0 Å². The summed E-state index contributed by atoms with van der Waals surface area (Å²) in [6.07, 6.45) is 0. The molecule has 4 heterocycles. The first-order chi connectivity index (χ1) is 18.8. The van der Waals surface area contributed by atoms with Crippen LogP contribution in [-0.2, 0) is 34.5 Å². The Bertz CT molecular complexity index is 2560. The van der Waals surface area contributed by atoms with Gasteiger partial charge in [-0.1, -0.05) is 0 Å². The smallest absolute Gasteiger partial charge is 0.282 e. The lowest BCUT2D eigenvalue weighted by atomic mass is 10.3. The van der Waals surface area contributed by atoms with E-state index in [0.29, 0.717) is 16.6 Å². The van der Waals surface area contributed by atoms with Crippen LogP contribution in [0.5, 0.6) is 0 Å². The third-order valence-corrected chi connectivity index (χ3v) is 9.50. The Morgan fingerprint density at radius 2 is 0.900 bits per heavy atom. The molecular weight excluding hydrogens is 588 g/mol. The number of benzene rings is 3. The van der Waals surface area contributed by atoms with Crippen LogP contribution in [0, 0.1) is 0 Å². The van der Waals surface area contributed by atoms with Gasteiger partial charge < -0.3 is 0 Å². The summed E-state index contributed by atoms with van der Waals surface area (Å²) in [4.78, 5) is 12.9. The third-order valence-electron chi connectivity index (χ3n) is 6.53. The van der Waals surface area contributed by atoms with Gasteiger partial charge in [0.05, 0.1) is 54.9 Å². The van der Waals surface area contributed by atoms with Crippen LogP contribution in [0.25, 0.3) is 50.4 Å². The molecule has 4 aromatic heterocycles. The molecule has 7 rings (SSSR count). The second kappa shape index (κ2) is 7.71. The molecule has 0 unspecified atom stereocenters. The summed E-state index contributed by atoms with van der Waals surface area (Å²) < 4.78 is 100. The Balaban J connectivity index is 1.73. The molecule has 0 fully saturated rings. The first kappa shape index (κ1) is 24.8. The number of rotatable bonds is 4. The van der Waals surface area contributed by atoms with Crippen LogP contribution in [0.15, 0.2) is 69.3 Å². The first-order valence-electron chi connectivity index (χ1n) is 11.1. The van der Waals surface area contributed by atoms with Crippen LogP contribution in [0.1, 0.15) is 0 Å². The van der Waals surface area contributed by atoms with Crippen LogP contribution < -0.4 is 0 Å². The lowest BCUT2D eigenvalue weighted by molar-refractivity contribution is 0.398. The van der Waals surface area contributed by atoms with E-state index in [-0.39, 0.29) is 48.6 Å². The fourth-order valence-electron chi connectivity index (χ4n) is 4.76. The molecule has 18 heteroatoms. The maximum absolute atomic E-state index is 12.3. The molecule has 0 saturated carbocycles. The number of nitrogens with zero attached hydrogens (tertiary/aromatic N) is 6. The number of fused-ring (bicyclic) bond motifs is 12. The molecule has 204 valence electrons. The third kappa shape index (κ3) is 3.37. The summed E-state index contributed by atoms with van der Waals surface area (Å²) in [5, 5.41) is 0. The van der Waals surface area contributed by atoms with E-state index in [0.717, 1.165) is 7.11 Å². The average Bonchev–Trinajstić information content (AvgIpc) is 3.56. The zero-order valence-electron chi connectivity index (χ0n) is 19.9. The molecule has 0 spiro atoms. The minimum Gasteiger partial charge on any atom is -0.282 e. The number of imidazole rings is 3. The molecule has 0 radical (unpaired) electrons. The lowest BCUT2D eigenvalue weighted by Crippen LogP contribution is -2.04. The molecule has 0 aliphatic heterocycles. The first-order valence-corrected chi connectivity index (χ1v) is 15.4. The van der Waals surface area contributed by atoms with Crippen LogP contribution in [0.3, 0.4) is 0 Å². The summed E-state index contributed by atoms with van der Waals surface area (Å²) >= 11 is 0. The van der Waals surface area contributed by atoms with Crippen LogP contribution >= 0.6 is 0 Å². The van der Waals surface area contributed by atoms with E-state index in [9.17, 15) is 34.4 Å². The van der Waals surface area contributed by atoms with Crippen molar-refractivity contribution in [2.45, 2.75) is 14.7 Å². The predicted molar refractivity (Wildman–Crippen MR) is 139 cm³/mol. The van der Waals surface area contributed by atoms with Crippen molar-refractivity contribution in [1.82, 2.24) is 28.2 Å². The van der Waals surface area contributed by atoms with Gasteiger partial charge in [-0.05, 0) is 54.6 Å². The summed E-state index contributed by atoms with van der Waals surface area (Å²) in [6.45, 7) is 0. The zero-order valence-corrected chi connectivity index (χ0v) is 22.3. The van der Waals surface area contributed by atoms with Crippen molar-refractivity contribution < 1.29 is 38.5 Å². The van der Waals surface area contributed by atoms with Crippen molar-refractivity contribution in [2.24, 2.45) is 0 Å². The molecule has 0 saturated heterocycles. The SMILES string of the molecule is COS(=O)(=O)c1ccc2c(c1)nc1n3c4ccc(S(=O)(=O)O)cc4nc3n3c4ccc(S(=O)(=O)O)cc4nc3n21. The van der Waals surface area contributed by atoms with Gasteiger partial charge in [0.2, 0.25) is 17.3 Å². The molecule has 0 amide bonds. The van der Waals surface area contributed by atoms with Gasteiger partial charge in [-0.2, -0.15) is 25.3 Å². The topological polar surface area (TPSA) is 204 Å². The molecular formula is C22H14N6O9S3. The van der Waals surface area contributed by atoms with Gasteiger partial charge in [0, 0.05) is 0 Å². The van der Waals surface area contributed by atoms with Crippen molar-refractivity contribution >= 4 is 80.8 Å².